The van der Waals surface area contributed by atoms with Crippen LogP contribution in [0.4, 0.5) is 10.1 Å². The number of benzene rings is 1. The molecule has 0 radical (unpaired) electrons. The fraction of sp³-hybridized carbons (Fsp3) is 0.235. The third-order valence-corrected chi connectivity index (χ3v) is 3.34. The van der Waals surface area contributed by atoms with Crippen molar-refractivity contribution in [3.63, 3.8) is 0 Å². The van der Waals surface area contributed by atoms with Gasteiger partial charge in [0, 0.05) is 12.7 Å². The van der Waals surface area contributed by atoms with Crippen LogP contribution >= 0.6 is 0 Å². The van der Waals surface area contributed by atoms with Gasteiger partial charge in [-0.1, -0.05) is 0 Å². The zero-order valence-electron chi connectivity index (χ0n) is 13.7. The first-order chi connectivity index (χ1) is 11.9. The van der Waals surface area contributed by atoms with E-state index in [4.69, 9.17) is 9.15 Å². The molecule has 2 rings (SSSR count). The number of ether oxygens (including phenoxy) is 1. The lowest BCUT2D eigenvalue weighted by Gasteiger charge is -2.16. The number of hydrogen-bond acceptors (Lipinski definition) is 5. The molecule has 0 aliphatic heterocycles. The number of furan rings is 1. The number of hydrogen-bond donors (Lipinski definition) is 1. The summed E-state index contributed by atoms with van der Waals surface area (Å²) in [7, 11) is 1.41. The number of aryl methyl sites for hydroxylation is 1. The first kappa shape index (κ1) is 18.2. The van der Waals surface area contributed by atoms with Crippen LogP contribution < -0.4 is 5.32 Å². The Morgan fingerprint density at radius 3 is 2.48 bits per heavy atom. The van der Waals surface area contributed by atoms with E-state index in [2.05, 4.69) is 5.32 Å². The molecule has 0 aliphatic carbocycles. The molecule has 0 saturated carbocycles. The number of rotatable bonds is 6. The first-order valence-corrected chi connectivity index (χ1v) is 7.37. The number of likely N-dealkylation sites (N-methyl/N-ethyl adjacent to an activating group) is 1. The number of esters is 1. The van der Waals surface area contributed by atoms with Crippen LogP contribution in [0, 0.1) is 12.7 Å². The maximum absolute atomic E-state index is 12.8. The van der Waals surface area contributed by atoms with E-state index in [9.17, 15) is 18.8 Å². The van der Waals surface area contributed by atoms with E-state index >= 15 is 0 Å². The first-order valence-electron chi connectivity index (χ1n) is 7.37. The van der Waals surface area contributed by atoms with E-state index in [0.29, 0.717) is 11.4 Å². The number of nitrogens with zero attached hydrogens (tertiary/aromatic N) is 1. The number of amides is 2. The summed E-state index contributed by atoms with van der Waals surface area (Å²) in [5, 5.41) is 2.53. The van der Waals surface area contributed by atoms with Gasteiger partial charge in [-0.3, -0.25) is 9.59 Å². The van der Waals surface area contributed by atoms with Gasteiger partial charge in [0.15, 0.2) is 6.61 Å². The van der Waals surface area contributed by atoms with Crippen molar-refractivity contribution in [2.24, 2.45) is 0 Å². The van der Waals surface area contributed by atoms with Gasteiger partial charge in [-0.15, -0.1) is 0 Å². The molecule has 0 fully saturated rings. The van der Waals surface area contributed by atoms with Gasteiger partial charge in [0.25, 0.3) is 5.91 Å². The summed E-state index contributed by atoms with van der Waals surface area (Å²) >= 11 is 0. The molecule has 0 spiro atoms. The quantitative estimate of drug-likeness (QED) is 0.807. The van der Waals surface area contributed by atoms with Crippen LogP contribution in [-0.2, 0) is 14.3 Å². The molecule has 25 heavy (non-hydrogen) atoms. The molecule has 0 atom stereocenters. The van der Waals surface area contributed by atoms with Crippen LogP contribution in [0.3, 0.4) is 0 Å². The molecule has 1 heterocycles. The van der Waals surface area contributed by atoms with E-state index < -0.39 is 30.2 Å². The number of halogens is 1. The van der Waals surface area contributed by atoms with Gasteiger partial charge in [0.05, 0.1) is 12.8 Å². The van der Waals surface area contributed by atoms with Crippen molar-refractivity contribution in [3.05, 3.63) is 53.7 Å². The minimum absolute atomic E-state index is 0.238. The highest BCUT2D eigenvalue weighted by Gasteiger charge is 2.18. The van der Waals surface area contributed by atoms with Gasteiger partial charge in [0.1, 0.15) is 17.1 Å². The fourth-order valence-corrected chi connectivity index (χ4v) is 1.95. The van der Waals surface area contributed by atoms with Crippen molar-refractivity contribution in [2.45, 2.75) is 6.92 Å². The highest BCUT2D eigenvalue weighted by molar-refractivity contribution is 5.95. The van der Waals surface area contributed by atoms with Gasteiger partial charge in [-0.25, -0.2) is 9.18 Å². The van der Waals surface area contributed by atoms with E-state index in [0.717, 1.165) is 4.90 Å². The summed E-state index contributed by atoms with van der Waals surface area (Å²) in [6, 6.07) is 6.68. The normalized spacial score (nSPS) is 10.2. The van der Waals surface area contributed by atoms with E-state index in [1.165, 1.54) is 43.6 Å². The molecule has 0 bridgehead atoms. The van der Waals surface area contributed by atoms with Crippen LogP contribution in [0.25, 0.3) is 0 Å². The van der Waals surface area contributed by atoms with Crippen LogP contribution in [-0.4, -0.2) is 42.9 Å². The summed E-state index contributed by atoms with van der Waals surface area (Å²) in [6.45, 7) is 0.868. The molecule has 132 valence electrons. The SMILES string of the molecule is Cc1occc1C(=O)OCC(=O)N(C)CC(=O)Nc1ccc(F)cc1. The molecule has 1 aromatic carbocycles. The number of carbonyl (C=O) groups excluding carboxylic acids is 3. The second kappa shape index (κ2) is 8.09. The third-order valence-electron chi connectivity index (χ3n) is 3.34. The molecule has 8 heteroatoms. The topological polar surface area (TPSA) is 88.8 Å². The van der Waals surface area contributed by atoms with Crippen molar-refractivity contribution in [1.82, 2.24) is 4.90 Å². The van der Waals surface area contributed by atoms with Gasteiger partial charge in [0.2, 0.25) is 5.91 Å². The van der Waals surface area contributed by atoms with Crippen LogP contribution in [0.5, 0.6) is 0 Å². The third kappa shape index (κ3) is 5.17. The van der Waals surface area contributed by atoms with Crippen molar-refractivity contribution in [1.29, 1.82) is 0 Å². The minimum Gasteiger partial charge on any atom is -0.469 e. The molecule has 7 nitrogen and oxygen atoms in total. The maximum Gasteiger partial charge on any atom is 0.342 e. The Morgan fingerprint density at radius 1 is 1.20 bits per heavy atom. The predicted octanol–water partition coefficient (Wildman–Crippen LogP) is 1.98. The van der Waals surface area contributed by atoms with Gasteiger partial charge >= 0.3 is 5.97 Å². The van der Waals surface area contributed by atoms with Gasteiger partial charge < -0.3 is 19.4 Å². The Balaban J connectivity index is 1.79. The van der Waals surface area contributed by atoms with Crippen LogP contribution in [0.1, 0.15) is 16.1 Å². The second-order valence-corrected chi connectivity index (χ2v) is 5.27. The Labute approximate surface area is 143 Å². The zero-order chi connectivity index (χ0) is 18.4. The second-order valence-electron chi connectivity index (χ2n) is 5.27. The summed E-state index contributed by atoms with van der Waals surface area (Å²) in [5.41, 5.74) is 0.651. The Morgan fingerprint density at radius 2 is 1.88 bits per heavy atom. The molecule has 2 amide bonds. The molecular weight excluding hydrogens is 331 g/mol. The largest absolute Gasteiger partial charge is 0.469 e. The van der Waals surface area contributed by atoms with Crippen LogP contribution in [0.15, 0.2) is 41.0 Å². The summed E-state index contributed by atoms with van der Waals surface area (Å²) < 4.78 is 22.7. The van der Waals surface area contributed by atoms with E-state index in [1.54, 1.807) is 6.92 Å². The monoisotopic (exact) mass is 348 g/mol. The number of carbonyl (C=O) groups is 3. The highest BCUT2D eigenvalue weighted by Crippen LogP contribution is 2.10. The molecule has 0 unspecified atom stereocenters. The number of anilines is 1. The standard InChI is InChI=1S/C17H17FN2O5/c1-11-14(7-8-24-11)17(23)25-10-16(22)20(2)9-15(21)19-13-5-3-12(18)4-6-13/h3-8H,9-10H2,1-2H3,(H,19,21). The Bertz CT molecular complexity index is 770. The van der Waals surface area contributed by atoms with Crippen molar-refractivity contribution in [2.75, 3.05) is 25.5 Å². The predicted molar refractivity (Wildman–Crippen MR) is 86.4 cm³/mol. The van der Waals surface area contributed by atoms with E-state index in [1.807, 2.05) is 0 Å². The van der Waals surface area contributed by atoms with E-state index in [-0.39, 0.29) is 12.1 Å². The minimum atomic E-state index is -0.677. The van der Waals surface area contributed by atoms with Crippen molar-refractivity contribution < 1.29 is 27.9 Å². The highest BCUT2D eigenvalue weighted by atomic mass is 19.1. The Hall–Kier alpha value is -3.16. The smallest absolute Gasteiger partial charge is 0.342 e. The summed E-state index contributed by atoms with van der Waals surface area (Å²) in [4.78, 5) is 36.7. The molecule has 0 aliphatic rings. The van der Waals surface area contributed by atoms with Crippen molar-refractivity contribution in [3.8, 4) is 0 Å². The molecule has 1 aromatic heterocycles. The molecular formula is C17H17FN2O5. The van der Waals surface area contributed by atoms with Gasteiger partial charge in [-0.2, -0.15) is 0 Å². The fourth-order valence-electron chi connectivity index (χ4n) is 1.95. The molecule has 1 N–H and O–H groups in total. The maximum atomic E-state index is 12.8. The number of nitrogens with one attached hydrogen (secondary N) is 1. The van der Waals surface area contributed by atoms with Gasteiger partial charge in [-0.05, 0) is 37.3 Å². The Kier molecular flexibility index (Phi) is 5.89. The summed E-state index contributed by atoms with van der Waals surface area (Å²) in [5.74, 6) is -1.70. The average Bonchev–Trinajstić information content (AvgIpc) is 3.00. The molecule has 0 saturated heterocycles. The van der Waals surface area contributed by atoms with Crippen molar-refractivity contribution >= 4 is 23.5 Å². The lowest BCUT2D eigenvalue weighted by atomic mass is 10.3. The zero-order valence-corrected chi connectivity index (χ0v) is 13.7. The lowest BCUT2D eigenvalue weighted by molar-refractivity contribution is -0.136. The lowest BCUT2D eigenvalue weighted by Crippen LogP contribution is -2.37. The summed E-state index contributed by atoms with van der Waals surface area (Å²) in [6.07, 6.45) is 1.35. The molecule has 2 aromatic rings. The average molecular weight is 348 g/mol. The van der Waals surface area contributed by atoms with Crippen LogP contribution in [0.2, 0.25) is 0 Å².